The van der Waals surface area contributed by atoms with Crippen LogP contribution in [0.5, 0.6) is 0 Å². The fourth-order valence-corrected chi connectivity index (χ4v) is 3.39. The number of aliphatic imine (C=N–C) groups is 1. The van der Waals surface area contributed by atoms with E-state index in [1.54, 1.807) is 0 Å². The van der Waals surface area contributed by atoms with E-state index in [1.165, 1.54) is 25.7 Å². The van der Waals surface area contributed by atoms with Crippen molar-refractivity contribution in [3.05, 3.63) is 0 Å². The molecule has 0 atom stereocenters. The van der Waals surface area contributed by atoms with Gasteiger partial charge in [0.25, 0.3) is 0 Å². The van der Waals surface area contributed by atoms with Crippen molar-refractivity contribution < 1.29 is 8.42 Å². The highest BCUT2D eigenvalue weighted by atomic mass is 32.2. The summed E-state index contributed by atoms with van der Waals surface area (Å²) in [6.45, 7) is 6.71. The first-order valence-electron chi connectivity index (χ1n) is 9.07. The maximum Gasteiger partial charge on any atom is 0.213 e. The largest absolute Gasteiger partial charge is 0.357 e. The monoisotopic (exact) mass is 346 g/mol. The molecule has 0 aliphatic heterocycles. The van der Waals surface area contributed by atoms with Crippen LogP contribution in [-0.4, -0.2) is 46.3 Å². The Labute approximate surface area is 142 Å². The molecular formula is C16H34N4O2S. The molecule has 0 heterocycles. The molecule has 0 unspecified atom stereocenters. The van der Waals surface area contributed by atoms with Crippen molar-refractivity contribution in [2.45, 2.75) is 58.8 Å². The normalized spacial score (nSPS) is 16.2. The van der Waals surface area contributed by atoms with E-state index >= 15 is 0 Å². The second-order valence-corrected chi connectivity index (χ2v) is 8.14. The van der Waals surface area contributed by atoms with Gasteiger partial charge in [0.2, 0.25) is 10.0 Å². The van der Waals surface area contributed by atoms with Gasteiger partial charge in [0.15, 0.2) is 5.96 Å². The van der Waals surface area contributed by atoms with Crippen molar-refractivity contribution in [1.29, 1.82) is 0 Å². The Hall–Kier alpha value is -0.820. The smallest absolute Gasteiger partial charge is 0.213 e. The zero-order chi connectivity index (χ0) is 17.0. The summed E-state index contributed by atoms with van der Waals surface area (Å²) < 4.78 is 26.6. The highest BCUT2D eigenvalue weighted by Gasteiger charge is 2.19. The second kappa shape index (κ2) is 11.7. The lowest BCUT2D eigenvalue weighted by molar-refractivity contribution is 0.316. The summed E-state index contributed by atoms with van der Waals surface area (Å²) in [5.74, 6) is 1.33. The van der Waals surface area contributed by atoms with Crippen molar-refractivity contribution in [3.8, 4) is 0 Å². The molecule has 0 saturated heterocycles. The Kier molecular flexibility index (Phi) is 10.3. The Morgan fingerprint density at radius 2 is 1.91 bits per heavy atom. The second-order valence-electron chi connectivity index (χ2n) is 6.21. The van der Waals surface area contributed by atoms with E-state index in [4.69, 9.17) is 0 Å². The lowest BCUT2D eigenvalue weighted by Gasteiger charge is -2.25. The molecule has 0 bridgehead atoms. The zero-order valence-corrected chi connectivity index (χ0v) is 15.6. The Morgan fingerprint density at radius 3 is 2.52 bits per heavy atom. The molecule has 0 aromatic carbocycles. The fraction of sp³-hybridized carbons (Fsp3) is 0.938. The molecule has 0 spiro atoms. The van der Waals surface area contributed by atoms with Crippen molar-refractivity contribution >= 4 is 16.0 Å². The minimum atomic E-state index is -3.19. The van der Waals surface area contributed by atoms with Gasteiger partial charge in [0, 0.05) is 26.2 Å². The molecule has 3 N–H and O–H groups in total. The molecule has 0 aromatic rings. The van der Waals surface area contributed by atoms with Gasteiger partial charge in [0.1, 0.15) is 0 Å². The average molecular weight is 347 g/mol. The molecule has 0 aromatic heterocycles. The lowest BCUT2D eigenvalue weighted by atomic mass is 9.86. The number of guanidine groups is 1. The van der Waals surface area contributed by atoms with Crippen molar-refractivity contribution in [2.24, 2.45) is 10.9 Å². The summed E-state index contributed by atoms with van der Waals surface area (Å²) in [4.78, 5) is 4.48. The van der Waals surface area contributed by atoms with E-state index in [0.717, 1.165) is 32.4 Å². The highest BCUT2D eigenvalue weighted by molar-refractivity contribution is 7.89. The fourth-order valence-electron chi connectivity index (χ4n) is 2.39. The van der Waals surface area contributed by atoms with Crippen LogP contribution in [-0.2, 0) is 10.0 Å². The molecular weight excluding hydrogens is 312 g/mol. The van der Waals surface area contributed by atoms with Crippen LogP contribution in [0.25, 0.3) is 0 Å². The van der Waals surface area contributed by atoms with Crippen molar-refractivity contribution in [1.82, 2.24) is 15.4 Å². The van der Waals surface area contributed by atoms with Crippen LogP contribution in [0.2, 0.25) is 0 Å². The molecule has 1 aliphatic rings. The summed E-state index contributed by atoms with van der Waals surface area (Å²) >= 11 is 0. The number of sulfonamides is 1. The predicted molar refractivity (Wildman–Crippen MR) is 97.3 cm³/mol. The van der Waals surface area contributed by atoms with Crippen LogP contribution in [0, 0.1) is 5.92 Å². The van der Waals surface area contributed by atoms with Gasteiger partial charge in [-0.2, -0.15) is 0 Å². The molecule has 1 fully saturated rings. The molecule has 136 valence electrons. The maximum atomic E-state index is 11.9. The summed E-state index contributed by atoms with van der Waals surface area (Å²) in [6.07, 6.45) is 8.25. The van der Waals surface area contributed by atoms with Gasteiger partial charge in [-0.1, -0.05) is 32.6 Å². The van der Waals surface area contributed by atoms with Gasteiger partial charge in [-0.25, -0.2) is 13.1 Å². The van der Waals surface area contributed by atoms with Crippen molar-refractivity contribution in [2.75, 3.05) is 31.9 Å². The molecule has 23 heavy (non-hydrogen) atoms. The number of hydrogen-bond donors (Lipinski definition) is 3. The first kappa shape index (κ1) is 20.2. The van der Waals surface area contributed by atoms with Crippen LogP contribution in [0.1, 0.15) is 58.8 Å². The number of nitrogens with zero attached hydrogens (tertiary/aromatic N) is 1. The minimum absolute atomic E-state index is 0.0833. The molecule has 1 rings (SSSR count). The van der Waals surface area contributed by atoms with Gasteiger partial charge in [-0.15, -0.1) is 0 Å². The van der Waals surface area contributed by atoms with Crippen LogP contribution in [0.3, 0.4) is 0 Å². The summed E-state index contributed by atoms with van der Waals surface area (Å²) in [5.41, 5.74) is 0. The molecule has 0 radical (unpaired) electrons. The first-order valence-corrected chi connectivity index (χ1v) is 10.7. The standard InChI is InChI=1S/C16H34N4O2S/c1-3-5-6-7-11-18-16(17-4-2)19-12-13-23(21,22)20-14-15-9-8-10-15/h15,20H,3-14H2,1-2H3,(H2,17,18,19). The highest BCUT2D eigenvalue weighted by Crippen LogP contribution is 2.25. The third kappa shape index (κ3) is 9.81. The topological polar surface area (TPSA) is 82.6 Å². The Bertz CT molecular complexity index is 433. The van der Waals surface area contributed by atoms with Crippen LogP contribution in [0.4, 0.5) is 0 Å². The molecule has 6 nitrogen and oxygen atoms in total. The number of unbranched alkanes of at least 4 members (excludes halogenated alkanes) is 3. The van der Waals surface area contributed by atoms with Crippen LogP contribution >= 0.6 is 0 Å². The predicted octanol–water partition coefficient (Wildman–Crippen LogP) is 1.84. The first-order chi connectivity index (χ1) is 11.1. The van der Waals surface area contributed by atoms with Gasteiger partial charge in [-0.3, -0.25) is 4.99 Å². The van der Waals surface area contributed by atoms with Gasteiger partial charge in [-0.05, 0) is 32.1 Å². The molecule has 1 aliphatic carbocycles. The summed E-state index contributed by atoms with van der Waals surface area (Å²) in [6, 6.07) is 0. The Morgan fingerprint density at radius 1 is 1.13 bits per heavy atom. The molecule has 7 heteroatoms. The summed E-state index contributed by atoms with van der Waals surface area (Å²) in [5, 5.41) is 6.25. The zero-order valence-electron chi connectivity index (χ0n) is 14.7. The maximum absolute atomic E-state index is 11.9. The van der Waals surface area contributed by atoms with E-state index in [0.29, 0.717) is 25.0 Å². The lowest BCUT2D eigenvalue weighted by Crippen LogP contribution is -2.42. The quantitative estimate of drug-likeness (QED) is 0.286. The van der Waals surface area contributed by atoms with E-state index in [1.807, 2.05) is 6.92 Å². The molecule has 1 saturated carbocycles. The van der Waals surface area contributed by atoms with Gasteiger partial charge in [0.05, 0.1) is 5.75 Å². The molecule has 0 amide bonds. The summed E-state index contributed by atoms with van der Waals surface area (Å²) in [7, 11) is -3.19. The van der Waals surface area contributed by atoms with Gasteiger partial charge >= 0.3 is 0 Å². The number of rotatable bonds is 12. The average Bonchev–Trinajstić information content (AvgIpc) is 2.45. The van der Waals surface area contributed by atoms with E-state index < -0.39 is 10.0 Å². The SMILES string of the molecule is CCCCCCN=C(NCC)NCCS(=O)(=O)NCC1CCC1. The number of nitrogens with one attached hydrogen (secondary N) is 3. The van der Waals surface area contributed by atoms with E-state index in [9.17, 15) is 8.42 Å². The Balaban J connectivity index is 2.22. The number of hydrogen-bond acceptors (Lipinski definition) is 3. The van der Waals surface area contributed by atoms with Crippen LogP contribution in [0.15, 0.2) is 4.99 Å². The third-order valence-corrected chi connectivity index (χ3v) is 5.45. The van der Waals surface area contributed by atoms with E-state index in [-0.39, 0.29) is 5.75 Å². The van der Waals surface area contributed by atoms with Crippen LogP contribution < -0.4 is 15.4 Å². The van der Waals surface area contributed by atoms with E-state index in [2.05, 4.69) is 27.3 Å². The van der Waals surface area contributed by atoms with Crippen molar-refractivity contribution in [3.63, 3.8) is 0 Å². The van der Waals surface area contributed by atoms with Gasteiger partial charge < -0.3 is 10.6 Å². The minimum Gasteiger partial charge on any atom is -0.357 e. The third-order valence-electron chi connectivity index (χ3n) is 4.11.